The summed E-state index contributed by atoms with van der Waals surface area (Å²) in [6, 6.07) is 0. The Morgan fingerprint density at radius 1 is 0.700 bits per heavy atom. The summed E-state index contributed by atoms with van der Waals surface area (Å²) >= 11 is 0. The van der Waals surface area contributed by atoms with Crippen LogP contribution in [-0.4, -0.2) is 47.5 Å². The van der Waals surface area contributed by atoms with Gasteiger partial charge in [0.2, 0.25) is 23.6 Å². The molecule has 0 saturated carbocycles. The van der Waals surface area contributed by atoms with Crippen LogP contribution >= 0.6 is 0 Å². The molecule has 0 aromatic rings. The van der Waals surface area contributed by atoms with Gasteiger partial charge in [-0.25, -0.2) is 0 Å². The van der Waals surface area contributed by atoms with E-state index in [1.54, 1.807) is 0 Å². The summed E-state index contributed by atoms with van der Waals surface area (Å²) in [5, 5.41) is 0. The van der Waals surface area contributed by atoms with Crippen LogP contribution in [0.5, 0.6) is 0 Å². The molecule has 0 unspecified atom stereocenters. The summed E-state index contributed by atoms with van der Waals surface area (Å²) in [5.41, 5.74) is 0. The zero-order valence-electron chi connectivity index (χ0n) is 15.1. The van der Waals surface area contributed by atoms with Crippen molar-refractivity contribution in [1.82, 2.24) is 9.80 Å². The maximum absolute atomic E-state index is 10.3. The van der Waals surface area contributed by atoms with Crippen molar-refractivity contribution in [2.45, 2.75) is 48.9 Å². The number of hydrogen-bond acceptors (Lipinski definition) is 4. The molecule has 0 heterocycles. The van der Waals surface area contributed by atoms with Gasteiger partial charge in [0, 0.05) is 75.9 Å². The van der Waals surface area contributed by atoms with E-state index in [1.165, 1.54) is 49.2 Å². The minimum absolute atomic E-state index is 0. The third-order valence-electron chi connectivity index (χ3n) is 1.89. The fourth-order valence-electron chi connectivity index (χ4n) is 0.443. The Morgan fingerprint density at radius 2 is 0.800 bits per heavy atom. The predicted octanol–water partition coefficient (Wildman–Crippen LogP) is 1.68. The molecule has 0 atom stereocenters. The molecule has 20 heavy (non-hydrogen) atoms. The molecule has 0 N–H and O–H groups in total. The first-order valence-corrected chi connectivity index (χ1v) is 5.61. The van der Waals surface area contributed by atoms with Gasteiger partial charge < -0.3 is 0 Å². The van der Waals surface area contributed by atoms with Crippen molar-refractivity contribution in [2.75, 3.05) is 14.1 Å². The number of carbonyl (C=O) groups is 4. The van der Waals surface area contributed by atoms with E-state index in [9.17, 15) is 19.2 Å². The van der Waals surface area contributed by atoms with Crippen molar-refractivity contribution in [3.05, 3.63) is 0 Å². The number of rotatable bonds is 0. The molecule has 0 spiro atoms. The van der Waals surface area contributed by atoms with Gasteiger partial charge >= 0.3 is 0 Å². The fourth-order valence-corrected chi connectivity index (χ4v) is 0.443. The Kier molecular flexibility index (Phi) is 25.4. The zero-order chi connectivity index (χ0) is 17.5. The van der Waals surface area contributed by atoms with Gasteiger partial charge in [-0.05, 0) is 0 Å². The minimum Gasteiger partial charge on any atom is -0.286 e. The summed E-state index contributed by atoms with van der Waals surface area (Å²) in [7, 11) is 4.15. The SMILES string of the molecule is CC.CC(=O)N(C)C(C)=O.CC(=O)N(C)C(C)=O.[2H]C.[Y]. The zero-order valence-corrected chi connectivity index (χ0v) is 16.9. The quantitative estimate of drug-likeness (QED) is 0.654. The normalized spacial score (nSPS) is 7.35. The average Bonchev–Trinajstić information content (AvgIpc) is 2.41. The molecule has 4 amide bonds. The Morgan fingerprint density at radius 3 is 0.800 bits per heavy atom. The molecular weight excluding hydrogens is 337 g/mol. The molecule has 0 aromatic carbocycles. The molecule has 0 aliphatic heterocycles. The molecule has 1 radical (unpaired) electrons. The minimum atomic E-state index is -0.225. The Balaban J connectivity index is -0.0000000630. The number of carbonyl (C=O) groups excluding carboxylic acids is 4. The standard InChI is InChI=1S/2C5H9NO2.C2H6.CH4.Y/c2*1-4(7)6(3)5(2)8;1-2;;/h2*1-3H3;1-2H3;1H4;/i;;;1D;. The second kappa shape index (κ2) is 18.4. The van der Waals surface area contributed by atoms with Crippen LogP contribution in [0.1, 0.15) is 50.3 Å². The van der Waals surface area contributed by atoms with Gasteiger partial charge in [-0.1, -0.05) is 21.3 Å². The summed E-state index contributed by atoms with van der Waals surface area (Å²) < 4.78 is 5.75. The number of imide groups is 2. The van der Waals surface area contributed by atoms with Gasteiger partial charge in [0.05, 0.1) is 0 Å². The molecule has 0 bridgehead atoms. The maximum Gasteiger partial charge on any atom is 0.225 e. The summed E-state index contributed by atoms with van der Waals surface area (Å²) in [5.74, 6) is -0.898. The molecule has 0 fully saturated rings. The van der Waals surface area contributed by atoms with Gasteiger partial charge in [-0.3, -0.25) is 29.0 Å². The number of nitrogens with zero attached hydrogens (tertiary/aromatic N) is 2. The van der Waals surface area contributed by atoms with Gasteiger partial charge in [0.15, 0.2) is 0 Å². The van der Waals surface area contributed by atoms with Crippen LogP contribution < -0.4 is 0 Å². The van der Waals surface area contributed by atoms with Crippen LogP contribution in [0, 0.1) is 0 Å². The molecule has 6 nitrogen and oxygen atoms in total. The first-order valence-electron chi connectivity index (χ1n) is 6.61. The third kappa shape index (κ3) is 19.7. The van der Waals surface area contributed by atoms with Crippen LogP contribution in [0.15, 0.2) is 0 Å². The Labute approximate surface area is 149 Å². The van der Waals surface area contributed by atoms with Crippen LogP contribution in [0.3, 0.4) is 0 Å². The molecule has 0 saturated heterocycles. The molecule has 0 aromatic heterocycles. The monoisotopic (exact) mass is 366 g/mol. The van der Waals surface area contributed by atoms with Gasteiger partial charge in [0.1, 0.15) is 0 Å². The van der Waals surface area contributed by atoms with Gasteiger partial charge in [0.25, 0.3) is 0 Å². The number of amides is 4. The first-order chi connectivity index (χ1) is 9.11. The van der Waals surface area contributed by atoms with Crippen LogP contribution in [0.2, 0.25) is 0 Å². The van der Waals surface area contributed by atoms with Gasteiger partial charge in [-0.15, -0.1) is 0 Å². The second-order valence-corrected chi connectivity index (χ2v) is 3.19. The van der Waals surface area contributed by atoms with Crippen LogP contribution in [0.4, 0.5) is 0 Å². The largest absolute Gasteiger partial charge is 0.286 e. The molecular formula is C13H28N2O4Y. The van der Waals surface area contributed by atoms with Gasteiger partial charge in [-0.2, -0.15) is 0 Å². The summed E-state index contributed by atoms with van der Waals surface area (Å²) in [6.45, 7) is 9.39. The van der Waals surface area contributed by atoms with Crippen molar-refractivity contribution in [1.29, 1.82) is 0 Å². The number of hydrogen-bond donors (Lipinski definition) is 0. The third-order valence-corrected chi connectivity index (χ3v) is 1.89. The van der Waals surface area contributed by atoms with Crippen molar-refractivity contribution in [3.8, 4) is 0 Å². The van der Waals surface area contributed by atoms with E-state index in [1.807, 2.05) is 13.8 Å². The second-order valence-electron chi connectivity index (χ2n) is 3.19. The molecule has 0 aliphatic rings. The predicted molar refractivity (Wildman–Crippen MR) is 76.3 cm³/mol. The van der Waals surface area contributed by atoms with E-state index in [0.717, 1.165) is 9.80 Å². The van der Waals surface area contributed by atoms with Crippen LogP contribution in [0.25, 0.3) is 0 Å². The van der Waals surface area contributed by atoms with E-state index in [4.69, 9.17) is 1.37 Å². The van der Waals surface area contributed by atoms with Crippen molar-refractivity contribution < 1.29 is 53.3 Å². The summed E-state index contributed by atoms with van der Waals surface area (Å²) in [6.07, 6.45) is 0. The van der Waals surface area contributed by atoms with Crippen LogP contribution in [-0.2, 0) is 51.9 Å². The molecule has 7 heteroatoms. The smallest absolute Gasteiger partial charge is 0.225 e. The molecule has 117 valence electrons. The van der Waals surface area contributed by atoms with Crippen molar-refractivity contribution >= 4 is 23.6 Å². The fraction of sp³-hybridized carbons (Fsp3) is 0.692. The van der Waals surface area contributed by atoms with E-state index in [2.05, 4.69) is 0 Å². The first kappa shape index (κ1) is 27.7. The van der Waals surface area contributed by atoms with Crippen molar-refractivity contribution in [3.63, 3.8) is 0 Å². The summed E-state index contributed by atoms with van der Waals surface area (Å²) in [4.78, 5) is 43.3. The average molecular weight is 366 g/mol. The Hall–Kier alpha value is -0.616. The molecule has 0 rings (SSSR count). The maximum atomic E-state index is 10.3. The van der Waals surface area contributed by atoms with E-state index in [-0.39, 0.29) is 56.3 Å². The van der Waals surface area contributed by atoms with E-state index in [0.29, 0.717) is 0 Å². The Bertz CT molecular complexity index is 255. The molecule has 0 aliphatic carbocycles. The van der Waals surface area contributed by atoms with E-state index < -0.39 is 0 Å². The van der Waals surface area contributed by atoms with E-state index >= 15 is 0 Å². The topological polar surface area (TPSA) is 74.8 Å². The van der Waals surface area contributed by atoms with Crippen molar-refractivity contribution in [2.24, 2.45) is 0 Å².